The first-order chi connectivity index (χ1) is 9.69. The van der Waals surface area contributed by atoms with E-state index < -0.39 is 0 Å². The maximum atomic E-state index is 13.7. The summed E-state index contributed by atoms with van der Waals surface area (Å²) >= 11 is 5.86. The molecule has 0 radical (unpaired) electrons. The predicted molar refractivity (Wildman–Crippen MR) is 77.8 cm³/mol. The molecule has 108 valence electrons. The fourth-order valence-corrected chi connectivity index (χ4v) is 2.94. The molecule has 0 saturated carbocycles. The van der Waals surface area contributed by atoms with Crippen LogP contribution in [0.25, 0.3) is 11.0 Å². The Balaban J connectivity index is 2.04. The van der Waals surface area contributed by atoms with Gasteiger partial charge in [0, 0.05) is 25.0 Å². The second kappa shape index (κ2) is 5.70. The third kappa shape index (κ3) is 2.54. The Morgan fingerprint density at radius 3 is 3.05 bits per heavy atom. The Bertz CT molecular complexity index is 620. The highest BCUT2D eigenvalue weighted by Gasteiger charge is 2.20. The number of nitrogens with zero attached hydrogens (tertiary/aromatic N) is 2. The molecule has 20 heavy (non-hydrogen) atoms. The van der Waals surface area contributed by atoms with E-state index in [2.05, 4.69) is 9.55 Å². The molecule has 0 amide bonds. The Labute approximate surface area is 122 Å². The van der Waals surface area contributed by atoms with Gasteiger partial charge in [0.15, 0.2) is 0 Å². The zero-order chi connectivity index (χ0) is 14.1. The molecule has 2 heterocycles. The number of halogens is 2. The number of fused-ring (bicyclic) bond motifs is 1. The van der Waals surface area contributed by atoms with Crippen LogP contribution >= 0.6 is 11.6 Å². The fourth-order valence-electron chi connectivity index (χ4n) is 2.77. The van der Waals surface area contributed by atoms with Gasteiger partial charge in [-0.2, -0.15) is 0 Å². The monoisotopic (exact) mass is 296 g/mol. The van der Waals surface area contributed by atoms with Gasteiger partial charge in [-0.3, -0.25) is 0 Å². The van der Waals surface area contributed by atoms with Crippen molar-refractivity contribution < 1.29 is 9.13 Å². The molecule has 0 aliphatic carbocycles. The lowest BCUT2D eigenvalue weighted by molar-refractivity contribution is 0.0972. The molecular weight excluding hydrogens is 279 g/mol. The first-order valence-corrected chi connectivity index (χ1v) is 7.55. The Morgan fingerprint density at radius 2 is 2.35 bits per heavy atom. The summed E-state index contributed by atoms with van der Waals surface area (Å²) < 4.78 is 21.5. The van der Waals surface area contributed by atoms with E-state index in [9.17, 15) is 4.39 Å². The molecule has 2 aromatic rings. The van der Waals surface area contributed by atoms with Crippen LogP contribution in [0.2, 0.25) is 0 Å². The second-order valence-electron chi connectivity index (χ2n) is 5.30. The van der Waals surface area contributed by atoms with E-state index in [4.69, 9.17) is 16.3 Å². The Morgan fingerprint density at radius 1 is 1.50 bits per heavy atom. The summed E-state index contributed by atoms with van der Waals surface area (Å²) in [7, 11) is 0. The van der Waals surface area contributed by atoms with Gasteiger partial charge in [-0.15, -0.1) is 11.6 Å². The number of aromatic nitrogens is 2. The molecule has 1 aliphatic heterocycles. The maximum Gasteiger partial charge on any atom is 0.128 e. The van der Waals surface area contributed by atoms with Gasteiger partial charge in [-0.25, -0.2) is 9.37 Å². The molecular formula is C15H18ClFN2O. The average Bonchev–Trinajstić information content (AvgIpc) is 3.02. The molecule has 1 unspecified atom stereocenters. The smallest absolute Gasteiger partial charge is 0.128 e. The van der Waals surface area contributed by atoms with E-state index in [0.717, 1.165) is 37.3 Å². The molecule has 1 aromatic heterocycles. The van der Waals surface area contributed by atoms with E-state index in [0.29, 0.717) is 23.4 Å². The lowest BCUT2D eigenvalue weighted by Gasteiger charge is -2.14. The van der Waals surface area contributed by atoms with Crippen molar-refractivity contribution in [1.82, 2.24) is 9.55 Å². The number of imidazole rings is 1. The first kappa shape index (κ1) is 13.8. The van der Waals surface area contributed by atoms with Crippen molar-refractivity contribution in [2.75, 3.05) is 12.5 Å². The SMILES string of the molecule is Cc1cc2c(cc1F)nc(CCCl)n2CC1CCCO1. The fraction of sp³-hybridized carbons (Fsp3) is 0.533. The van der Waals surface area contributed by atoms with Crippen molar-refractivity contribution in [2.24, 2.45) is 0 Å². The minimum Gasteiger partial charge on any atom is -0.376 e. The third-order valence-electron chi connectivity index (χ3n) is 3.84. The van der Waals surface area contributed by atoms with E-state index in [1.54, 1.807) is 6.92 Å². The molecule has 0 spiro atoms. The summed E-state index contributed by atoms with van der Waals surface area (Å²) in [5, 5.41) is 0. The van der Waals surface area contributed by atoms with E-state index in [1.165, 1.54) is 6.07 Å². The Kier molecular flexibility index (Phi) is 3.94. The average molecular weight is 297 g/mol. The zero-order valence-corrected chi connectivity index (χ0v) is 12.3. The van der Waals surface area contributed by atoms with Gasteiger partial charge in [0.25, 0.3) is 0 Å². The molecule has 1 atom stereocenters. The minimum atomic E-state index is -0.211. The van der Waals surface area contributed by atoms with Crippen LogP contribution in [-0.4, -0.2) is 28.1 Å². The van der Waals surface area contributed by atoms with Gasteiger partial charge in [0.05, 0.1) is 23.7 Å². The van der Waals surface area contributed by atoms with Crippen LogP contribution < -0.4 is 0 Å². The predicted octanol–water partition coefficient (Wildman–Crippen LogP) is 3.44. The Hall–Kier alpha value is -1.13. The third-order valence-corrected chi connectivity index (χ3v) is 4.02. The summed E-state index contributed by atoms with van der Waals surface area (Å²) in [6.45, 7) is 3.38. The summed E-state index contributed by atoms with van der Waals surface area (Å²) in [6.07, 6.45) is 3.09. The van der Waals surface area contributed by atoms with E-state index >= 15 is 0 Å². The summed E-state index contributed by atoms with van der Waals surface area (Å²) in [5.74, 6) is 1.21. The normalized spacial score (nSPS) is 19.1. The van der Waals surface area contributed by atoms with Gasteiger partial charge < -0.3 is 9.30 Å². The highest BCUT2D eigenvalue weighted by molar-refractivity contribution is 6.17. The van der Waals surface area contributed by atoms with Crippen molar-refractivity contribution in [3.8, 4) is 0 Å². The second-order valence-corrected chi connectivity index (χ2v) is 5.68. The molecule has 1 fully saturated rings. The molecule has 3 rings (SSSR count). The quantitative estimate of drug-likeness (QED) is 0.808. The number of alkyl halides is 1. The van der Waals surface area contributed by atoms with Gasteiger partial charge >= 0.3 is 0 Å². The van der Waals surface area contributed by atoms with Crippen molar-refractivity contribution in [3.05, 3.63) is 29.3 Å². The molecule has 1 aromatic carbocycles. The maximum absolute atomic E-state index is 13.7. The van der Waals surface area contributed by atoms with E-state index in [1.807, 2.05) is 6.07 Å². The topological polar surface area (TPSA) is 27.1 Å². The number of aryl methyl sites for hydroxylation is 2. The molecule has 1 aliphatic rings. The van der Waals surface area contributed by atoms with Gasteiger partial charge in [0.2, 0.25) is 0 Å². The number of hydrogen-bond donors (Lipinski definition) is 0. The molecule has 1 saturated heterocycles. The van der Waals surface area contributed by atoms with Crippen molar-refractivity contribution in [1.29, 1.82) is 0 Å². The lowest BCUT2D eigenvalue weighted by atomic mass is 10.2. The summed E-state index contributed by atoms with van der Waals surface area (Å²) in [4.78, 5) is 4.53. The summed E-state index contributed by atoms with van der Waals surface area (Å²) in [6, 6.07) is 3.37. The molecule has 5 heteroatoms. The lowest BCUT2D eigenvalue weighted by Crippen LogP contribution is -2.17. The molecule has 3 nitrogen and oxygen atoms in total. The zero-order valence-electron chi connectivity index (χ0n) is 11.5. The number of rotatable bonds is 4. The highest BCUT2D eigenvalue weighted by Crippen LogP contribution is 2.23. The van der Waals surface area contributed by atoms with Crippen LogP contribution in [-0.2, 0) is 17.7 Å². The standard InChI is InChI=1S/C15H18ClFN2O/c1-10-7-14-13(8-12(10)17)18-15(4-5-16)19(14)9-11-3-2-6-20-11/h7-8,11H,2-6,9H2,1H3. The highest BCUT2D eigenvalue weighted by atomic mass is 35.5. The van der Waals surface area contributed by atoms with Crippen LogP contribution in [0.3, 0.4) is 0 Å². The van der Waals surface area contributed by atoms with Gasteiger partial charge in [0.1, 0.15) is 11.6 Å². The number of benzene rings is 1. The molecule has 0 N–H and O–H groups in total. The van der Waals surface area contributed by atoms with Gasteiger partial charge in [-0.05, 0) is 31.4 Å². The largest absolute Gasteiger partial charge is 0.376 e. The van der Waals surface area contributed by atoms with Crippen LogP contribution in [0.4, 0.5) is 4.39 Å². The van der Waals surface area contributed by atoms with Crippen molar-refractivity contribution in [3.63, 3.8) is 0 Å². The van der Waals surface area contributed by atoms with Crippen LogP contribution in [0.5, 0.6) is 0 Å². The van der Waals surface area contributed by atoms with Crippen LogP contribution in [0, 0.1) is 12.7 Å². The minimum absolute atomic E-state index is 0.211. The first-order valence-electron chi connectivity index (χ1n) is 7.02. The van der Waals surface area contributed by atoms with Gasteiger partial charge in [-0.1, -0.05) is 0 Å². The van der Waals surface area contributed by atoms with E-state index in [-0.39, 0.29) is 11.9 Å². The number of ether oxygens (including phenoxy) is 1. The molecule has 0 bridgehead atoms. The van der Waals surface area contributed by atoms with Crippen molar-refractivity contribution in [2.45, 2.75) is 38.8 Å². The van der Waals surface area contributed by atoms with Crippen LogP contribution in [0.15, 0.2) is 12.1 Å². The number of hydrogen-bond acceptors (Lipinski definition) is 2. The van der Waals surface area contributed by atoms with Crippen molar-refractivity contribution >= 4 is 22.6 Å². The summed E-state index contributed by atoms with van der Waals surface area (Å²) in [5.41, 5.74) is 2.31. The van der Waals surface area contributed by atoms with Crippen LogP contribution in [0.1, 0.15) is 24.2 Å².